The second kappa shape index (κ2) is 14.1. The number of anilines is 1. The van der Waals surface area contributed by atoms with E-state index >= 15 is 4.39 Å². The average molecular weight is 527 g/mol. The molecule has 9 heteroatoms. The fourth-order valence-electron chi connectivity index (χ4n) is 5.10. The summed E-state index contributed by atoms with van der Waals surface area (Å²) in [6.07, 6.45) is 2.40. The van der Waals surface area contributed by atoms with Crippen LogP contribution in [0.15, 0.2) is 36.4 Å². The molecule has 3 unspecified atom stereocenters. The summed E-state index contributed by atoms with van der Waals surface area (Å²) in [6, 6.07) is 10.2. The lowest BCUT2D eigenvalue weighted by molar-refractivity contribution is -0.126. The van der Waals surface area contributed by atoms with Crippen molar-refractivity contribution < 1.29 is 23.5 Å². The maximum atomic E-state index is 15.5. The predicted octanol–water partition coefficient (Wildman–Crippen LogP) is 3.39. The molecule has 0 saturated carbocycles. The molecule has 1 heterocycles. The summed E-state index contributed by atoms with van der Waals surface area (Å²) >= 11 is 0. The first-order valence-electron chi connectivity index (χ1n) is 13.1. The molecule has 206 valence electrons. The molecule has 3 atom stereocenters. The van der Waals surface area contributed by atoms with Crippen LogP contribution in [0.1, 0.15) is 53.7 Å². The van der Waals surface area contributed by atoms with E-state index in [0.717, 1.165) is 25.7 Å². The number of nitrogens with zero attached hydrogens (tertiary/aromatic N) is 2. The van der Waals surface area contributed by atoms with Gasteiger partial charge in [0, 0.05) is 68.6 Å². The van der Waals surface area contributed by atoms with E-state index in [9.17, 15) is 14.4 Å². The van der Waals surface area contributed by atoms with Gasteiger partial charge in [-0.25, -0.2) is 4.39 Å². The number of carbonyl (C=O) groups excluding carboxylic acids is 3. The van der Waals surface area contributed by atoms with Crippen molar-refractivity contribution in [1.29, 1.82) is 0 Å². The van der Waals surface area contributed by atoms with Crippen molar-refractivity contribution in [2.24, 2.45) is 0 Å². The number of hydrogen-bond donors (Lipinski definition) is 2. The largest absolute Gasteiger partial charge is 0.381 e. The van der Waals surface area contributed by atoms with Crippen LogP contribution in [0.4, 0.5) is 10.1 Å². The number of ether oxygens (including phenoxy) is 1. The summed E-state index contributed by atoms with van der Waals surface area (Å²) in [7, 11) is 3.34. The van der Waals surface area contributed by atoms with Crippen LogP contribution in [-0.4, -0.2) is 73.7 Å². The third kappa shape index (κ3) is 7.69. The molecule has 2 aromatic carbocycles. The Balaban J connectivity index is 1.77. The van der Waals surface area contributed by atoms with Crippen LogP contribution in [-0.2, 0) is 34.0 Å². The number of likely N-dealkylation sites (N-methyl/N-ethyl adjacent to an activating group) is 2. The Hall–Kier alpha value is -3.14. The highest BCUT2D eigenvalue weighted by Gasteiger charge is 2.25. The highest BCUT2D eigenvalue weighted by molar-refractivity contribution is 5.82. The number of hydrogen-bond acceptors (Lipinski definition) is 7. The summed E-state index contributed by atoms with van der Waals surface area (Å²) in [4.78, 5) is 39.3. The Kier molecular flexibility index (Phi) is 10.9. The van der Waals surface area contributed by atoms with Gasteiger partial charge in [0.2, 0.25) is 5.91 Å². The van der Waals surface area contributed by atoms with Gasteiger partial charge in [-0.15, -0.1) is 0 Å². The first-order chi connectivity index (χ1) is 18.3. The summed E-state index contributed by atoms with van der Waals surface area (Å²) in [5.41, 5.74) is 3.04. The zero-order valence-electron chi connectivity index (χ0n) is 22.7. The molecule has 8 nitrogen and oxygen atoms in total. The van der Waals surface area contributed by atoms with Crippen molar-refractivity contribution in [2.75, 3.05) is 32.5 Å². The van der Waals surface area contributed by atoms with Gasteiger partial charge in [-0.05, 0) is 38.9 Å². The number of halogens is 1. The molecular weight excluding hydrogens is 487 g/mol. The van der Waals surface area contributed by atoms with E-state index in [1.165, 1.54) is 0 Å². The van der Waals surface area contributed by atoms with Crippen LogP contribution < -0.4 is 10.6 Å². The maximum Gasteiger partial charge on any atom is 0.237 e. The van der Waals surface area contributed by atoms with Crippen LogP contribution in [0, 0.1) is 5.82 Å². The minimum Gasteiger partial charge on any atom is -0.381 e. The molecule has 2 N–H and O–H groups in total. The van der Waals surface area contributed by atoms with Gasteiger partial charge in [0.15, 0.2) is 0 Å². The SMILES string of the molecule is CNC(=O)C(CCC=O)N(C)Cc1c(C=O)cccc1NCc1cccc(CN2CC(C)OC(C)C2)c1F. The molecular formula is C29H39FN4O4. The van der Waals surface area contributed by atoms with E-state index in [1.807, 2.05) is 36.9 Å². The van der Waals surface area contributed by atoms with E-state index in [4.69, 9.17) is 4.74 Å². The molecule has 1 saturated heterocycles. The summed E-state index contributed by atoms with van der Waals surface area (Å²) in [5.74, 6) is -0.444. The minimum absolute atomic E-state index is 0.106. The molecule has 0 radical (unpaired) electrons. The molecule has 0 bridgehead atoms. The van der Waals surface area contributed by atoms with Crippen molar-refractivity contribution in [2.45, 2.75) is 64.6 Å². The fraction of sp³-hybridized carbons (Fsp3) is 0.483. The van der Waals surface area contributed by atoms with Gasteiger partial charge in [0.05, 0.1) is 18.2 Å². The monoisotopic (exact) mass is 526 g/mol. The summed E-state index contributed by atoms with van der Waals surface area (Å²) in [5, 5.41) is 5.95. The van der Waals surface area contributed by atoms with Crippen molar-refractivity contribution in [3.05, 3.63) is 64.5 Å². The third-order valence-corrected chi connectivity index (χ3v) is 6.90. The standard InChI is InChI=1S/C29H39FN4O4/c1-20-15-34(16-21(2)38-20)17-23-9-5-8-22(28(23)30)14-32-26-11-6-10-24(19-36)25(26)18-33(4)27(12-7-13-35)29(37)31-3/h5-6,8-11,13,19-21,27,32H,7,12,14-18H2,1-4H3,(H,31,37). The van der Waals surface area contributed by atoms with Gasteiger partial charge in [-0.1, -0.05) is 30.3 Å². The quantitative estimate of drug-likeness (QED) is 0.387. The van der Waals surface area contributed by atoms with Gasteiger partial charge >= 0.3 is 0 Å². The Bertz CT molecular complexity index is 1100. The summed E-state index contributed by atoms with van der Waals surface area (Å²) in [6.45, 7) is 6.61. The first-order valence-corrected chi connectivity index (χ1v) is 13.1. The van der Waals surface area contributed by atoms with Crippen molar-refractivity contribution in [3.8, 4) is 0 Å². The average Bonchev–Trinajstić information content (AvgIpc) is 2.89. The van der Waals surface area contributed by atoms with Crippen LogP contribution >= 0.6 is 0 Å². The normalized spacial score (nSPS) is 18.7. The van der Waals surface area contributed by atoms with Gasteiger partial charge in [0.25, 0.3) is 0 Å². The number of aldehydes is 2. The lowest BCUT2D eigenvalue weighted by Gasteiger charge is -2.35. The van der Waals surface area contributed by atoms with Crippen molar-refractivity contribution >= 4 is 24.2 Å². The maximum absolute atomic E-state index is 15.5. The van der Waals surface area contributed by atoms with Crippen LogP contribution in [0.5, 0.6) is 0 Å². The van der Waals surface area contributed by atoms with Gasteiger partial charge < -0.3 is 20.2 Å². The molecule has 0 spiro atoms. The first kappa shape index (κ1) is 29.4. The Morgan fingerprint density at radius 3 is 2.50 bits per heavy atom. The molecule has 1 amide bonds. The zero-order valence-corrected chi connectivity index (χ0v) is 22.7. The van der Waals surface area contributed by atoms with E-state index in [0.29, 0.717) is 47.5 Å². The summed E-state index contributed by atoms with van der Waals surface area (Å²) < 4.78 is 21.3. The smallest absolute Gasteiger partial charge is 0.237 e. The second-order valence-corrected chi connectivity index (χ2v) is 9.98. The number of amides is 1. The van der Waals surface area contributed by atoms with Crippen LogP contribution in [0.2, 0.25) is 0 Å². The van der Waals surface area contributed by atoms with E-state index in [1.54, 1.807) is 32.3 Å². The van der Waals surface area contributed by atoms with Gasteiger partial charge in [0.1, 0.15) is 18.4 Å². The molecule has 0 aliphatic carbocycles. The third-order valence-electron chi connectivity index (χ3n) is 6.90. The zero-order chi connectivity index (χ0) is 27.7. The minimum atomic E-state index is -0.530. The van der Waals surface area contributed by atoms with Gasteiger partial charge in [-0.3, -0.25) is 19.4 Å². The van der Waals surface area contributed by atoms with E-state index in [-0.39, 0.29) is 36.9 Å². The van der Waals surface area contributed by atoms with E-state index in [2.05, 4.69) is 15.5 Å². The van der Waals surface area contributed by atoms with Crippen molar-refractivity contribution in [1.82, 2.24) is 15.1 Å². The van der Waals surface area contributed by atoms with E-state index < -0.39 is 6.04 Å². The Labute approximate surface area is 224 Å². The topological polar surface area (TPSA) is 91.0 Å². The van der Waals surface area contributed by atoms with Gasteiger partial charge in [-0.2, -0.15) is 0 Å². The lowest BCUT2D eigenvalue weighted by atomic mass is 10.0. The predicted molar refractivity (Wildman–Crippen MR) is 145 cm³/mol. The highest BCUT2D eigenvalue weighted by atomic mass is 19.1. The fourth-order valence-corrected chi connectivity index (χ4v) is 5.10. The number of nitrogens with one attached hydrogen (secondary N) is 2. The Morgan fingerprint density at radius 2 is 1.84 bits per heavy atom. The van der Waals surface area contributed by atoms with Crippen LogP contribution in [0.25, 0.3) is 0 Å². The second-order valence-electron chi connectivity index (χ2n) is 9.98. The molecule has 1 aliphatic heterocycles. The molecule has 0 aromatic heterocycles. The molecule has 3 rings (SSSR count). The molecule has 1 aliphatic rings. The lowest BCUT2D eigenvalue weighted by Crippen LogP contribution is -2.44. The number of morpholine rings is 1. The number of benzene rings is 2. The number of rotatable bonds is 13. The highest BCUT2D eigenvalue weighted by Crippen LogP contribution is 2.25. The van der Waals surface area contributed by atoms with Crippen molar-refractivity contribution in [3.63, 3.8) is 0 Å². The number of carbonyl (C=O) groups is 3. The van der Waals surface area contributed by atoms with Crippen LogP contribution in [0.3, 0.4) is 0 Å². The molecule has 38 heavy (non-hydrogen) atoms. The molecule has 1 fully saturated rings. The Morgan fingerprint density at radius 1 is 1.16 bits per heavy atom. The molecule has 2 aromatic rings.